The predicted molar refractivity (Wildman–Crippen MR) is 124 cm³/mol. The Morgan fingerprint density at radius 3 is 2.26 bits per heavy atom. The third kappa shape index (κ3) is 4.22. The molecule has 0 saturated carbocycles. The summed E-state index contributed by atoms with van der Waals surface area (Å²) in [5.74, 6) is -0.512. The van der Waals surface area contributed by atoms with Crippen molar-refractivity contribution in [3.63, 3.8) is 0 Å². The summed E-state index contributed by atoms with van der Waals surface area (Å²) in [7, 11) is 0. The van der Waals surface area contributed by atoms with Gasteiger partial charge in [0.15, 0.2) is 0 Å². The molecule has 2 amide bonds. The molecule has 4 rings (SSSR count). The van der Waals surface area contributed by atoms with Gasteiger partial charge in [-0.05, 0) is 65.7 Å². The normalized spacial score (nSPS) is 10.6. The molecule has 0 aliphatic carbocycles. The van der Waals surface area contributed by atoms with Crippen molar-refractivity contribution in [2.24, 2.45) is 0 Å². The van der Waals surface area contributed by atoms with Gasteiger partial charge in [0.2, 0.25) is 0 Å². The number of aryl methyl sites for hydroxylation is 1. The molecule has 31 heavy (non-hydrogen) atoms. The number of phenols is 1. The Balaban J connectivity index is 1.59. The molecule has 6 heteroatoms. The molecule has 0 saturated heterocycles. The maximum atomic E-state index is 12.9. The third-order valence-electron chi connectivity index (χ3n) is 5.06. The van der Waals surface area contributed by atoms with Crippen LogP contribution in [0.25, 0.3) is 10.8 Å². The highest BCUT2D eigenvalue weighted by Crippen LogP contribution is 2.28. The minimum absolute atomic E-state index is 0.211. The maximum Gasteiger partial charge on any atom is 0.257 e. The van der Waals surface area contributed by atoms with Crippen molar-refractivity contribution in [2.45, 2.75) is 6.92 Å². The van der Waals surface area contributed by atoms with E-state index in [2.05, 4.69) is 10.6 Å². The van der Waals surface area contributed by atoms with Crippen LogP contribution in [0.1, 0.15) is 26.3 Å². The van der Waals surface area contributed by atoms with Crippen LogP contribution >= 0.6 is 11.6 Å². The number of aromatic hydroxyl groups is 1. The number of carbonyl (C=O) groups excluding carboxylic acids is 2. The summed E-state index contributed by atoms with van der Waals surface area (Å²) in [4.78, 5) is 25.7. The van der Waals surface area contributed by atoms with Crippen LogP contribution in [0.3, 0.4) is 0 Å². The first kappa shape index (κ1) is 20.4. The van der Waals surface area contributed by atoms with Crippen LogP contribution in [0.5, 0.6) is 5.75 Å². The van der Waals surface area contributed by atoms with Crippen LogP contribution in [0.2, 0.25) is 5.02 Å². The average Bonchev–Trinajstić information content (AvgIpc) is 2.78. The molecule has 5 nitrogen and oxygen atoms in total. The van der Waals surface area contributed by atoms with Crippen molar-refractivity contribution in [1.29, 1.82) is 0 Å². The number of nitrogens with one attached hydrogen (secondary N) is 2. The second kappa shape index (κ2) is 8.50. The van der Waals surface area contributed by atoms with E-state index in [0.29, 0.717) is 27.5 Å². The fraction of sp³-hybridized carbons (Fsp3) is 0.0400. The highest BCUT2D eigenvalue weighted by Gasteiger charge is 2.16. The van der Waals surface area contributed by atoms with Crippen molar-refractivity contribution in [3.05, 3.63) is 101 Å². The fourth-order valence-corrected chi connectivity index (χ4v) is 3.53. The van der Waals surface area contributed by atoms with E-state index in [1.165, 1.54) is 0 Å². The maximum absolute atomic E-state index is 12.9. The summed E-state index contributed by atoms with van der Waals surface area (Å²) < 4.78 is 0. The molecule has 0 aromatic heterocycles. The summed E-state index contributed by atoms with van der Waals surface area (Å²) in [6, 6.07) is 22.3. The molecule has 0 unspecified atom stereocenters. The van der Waals surface area contributed by atoms with E-state index in [4.69, 9.17) is 11.6 Å². The van der Waals surface area contributed by atoms with E-state index in [0.717, 1.165) is 16.3 Å². The minimum Gasteiger partial charge on any atom is -0.508 e. The van der Waals surface area contributed by atoms with Crippen LogP contribution in [-0.2, 0) is 0 Å². The second-order valence-corrected chi connectivity index (χ2v) is 7.49. The summed E-state index contributed by atoms with van der Waals surface area (Å²) in [5, 5.41) is 17.6. The smallest absolute Gasteiger partial charge is 0.257 e. The third-order valence-corrected chi connectivity index (χ3v) is 5.39. The Labute approximate surface area is 184 Å². The van der Waals surface area contributed by atoms with Gasteiger partial charge in [0, 0.05) is 5.56 Å². The number of benzene rings is 4. The molecule has 0 spiro atoms. The SMILES string of the molecule is Cc1c(O)ccc2cc(C(=O)Nc3ccccc3C(=O)Nc3ccccc3Cl)ccc12. The van der Waals surface area contributed by atoms with E-state index >= 15 is 0 Å². The second-order valence-electron chi connectivity index (χ2n) is 7.08. The molecular weight excluding hydrogens is 412 g/mol. The van der Waals surface area contributed by atoms with Crippen molar-refractivity contribution in [3.8, 4) is 5.75 Å². The summed E-state index contributed by atoms with van der Waals surface area (Å²) >= 11 is 6.13. The van der Waals surface area contributed by atoms with E-state index < -0.39 is 0 Å². The molecule has 0 aliphatic rings. The Morgan fingerprint density at radius 1 is 0.806 bits per heavy atom. The number of amides is 2. The number of phenolic OH excluding ortho intramolecular Hbond substituents is 1. The fourth-order valence-electron chi connectivity index (χ4n) is 3.35. The van der Waals surface area contributed by atoms with Gasteiger partial charge in [-0.3, -0.25) is 9.59 Å². The van der Waals surface area contributed by atoms with E-state index in [9.17, 15) is 14.7 Å². The highest BCUT2D eigenvalue weighted by molar-refractivity contribution is 6.34. The van der Waals surface area contributed by atoms with E-state index in [1.807, 2.05) is 6.92 Å². The summed E-state index contributed by atoms with van der Waals surface area (Å²) in [5.41, 5.74) is 2.39. The molecule has 4 aromatic rings. The monoisotopic (exact) mass is 430 g/mol. The van der Waals surface area contributed by atoms with Crippen LogP contribution in [-0.4, -0.2) is 16.9 Å². The first-order valence-electron chi connectivity index (χ1n) is 9.62. The molecule has 0 aliphatic heterocycles. The average molecular weight is 431 g/mol. The van der Waals surface area contributed by atoms with Gasteiger partial charge in [-0.15, -0.1) is 0 Å². The lowest BCUT2D eigenvalue weighted by atomic mass is 10.0. The molecule has 154 valence electrons. The number of halogens is 1. The molecule has 0 heterocycles. The van der Waals surface area contributed by atoms with Crippen molar-refractivity contribution in [2.75, 3.05) is 10.6 Å². The number of fused-ring (bicyclic) bond motifs is 1. The topological polar surface area (TPSA) is 78.4 Å². The molecular formula is C25H19ClN2O3. The Kier molecular flexibility index (Phi) is 5.60. The Morgan fingerprint density at radius 2 is 1.48 bits per heavy atom. The van der Waals surface area contributed by atoms with Crippen molar-refractivity contribution in [1.82, 2.24) is 0 Å². The van der Waals surface area contributed by atoms with Gasteiger partial charge in [-0.25, -0.2) is 0 Å². The molecule has 0 atom stereocenters. The largest absolute Gasteiger partial charge is 0.508 e. The first-order valence-corrected chi connectivity index (χ1v) is 10.0. The Hall–Kier alpha value is -3.83. The van der Waals surface area contributed by atoms with Gasteiger partial charge in [0.05, 0.1) is 22.0 Å². The molecule has 0 radical (unpaired) electrons. The zero-order valence-corrected chi connectivity index (χ0v) is 17.4. The number of carbonyl (C=O) groups is 2. The lowest BCUT2D eigenvalue weighted by Crippen LogP contribution is -2.18. The zero-order valence-electron chi connectivity index (χ0n) is 16.6. The predicted octanol–water partition coefficient (Wildman–Crippen LogP) is 6.01. The Bertz CT molecular complexity index is 1320. The van der Waals surface area contributed by atoms with Crippen LogP contribution in [0, 0.1) is 6.92 Å². The molecule has 0 fully saturated rings. The summed E-state index contributed by atoms with van der Waals surface area (Å²) in [6.45, 7) is 1.82. The quantitative estimate of drug-likeness (QED) is 0.371. The standard InChI is InChI=1S/C25H19ClN2O3/c1-15-18-12-10-17(14-16(18)11-13-23(15)29)24(30)27-21-8-4-2-6-19(21)25(31)28-22-9-5-3-7-20(22)26/h2-14,29H,1H3,(H,27,30)(H,28,31). The van der Waals surface area contributed by atoms with Gasteiger partial charge in [-0.1, -0.05) is 48.0 Å². The van der Waals surface area contributed by atoms with Crippen LogP contribution in [0.15, 0.2) is 78.9 Å². The number of rotatable bonds is 4. The number of hydrogen-bond donors (Lipinski definition) is 3. The van der Waals surface area contributed by atoms with Crippen LogP contribution in [0.4, 0.5) is 11.4 Å². The van der Waals surface area contributed by atoms with E-state index in [-0.39, 0.29) is 17.6 Å². The number of hydrogen-bond acceptors (Lipinski definition) is 3. The number of para-hydroxylation sites is 2. The van der Waals surface area contributed by atoms with Gasteiger partial charge < -0.3 is 15.7 Å². The van der Waals surface area contributed by atoms with Gasteiger partial charge >= 0.3 is 0 Å². The first-order chi connectivity index (χ1) is 14.9. The van der Waals surface area contributed by atoms with Crippen molar-refractivity contribution >= 4 is 45.6 Å². The van der Waals surface area contributed by atoms with Gasteiger partial charge in [0.1, 0.15) is 5.75 Å². The van der Waals surface area contributed by atoms with Crippen molar-refractivity contribution < 1.29 is 14.7 Å². The zero-order chi connectivity index (χ0) is 22.0. The summed E-state index contributed by atoms with van der Waals surface area (Å²) in [6.07, 6.45) is 0. The molecule has 4 aromatic carbocycles. The highest BCUT2D eigenvalue weighted by atomic mass is 35.5. The molecule has 3 N–H and O–H groups in total. The number of anilines is 2. The minimum atomic E-state index is -0.381. The van der Waals surface area contributed by atoms with E-state index in [1.54, 1.807) is 78.9 Å². The lowest BCUT2D eigenvalue weighted by molar-refractivity contribution is 0.102. The van der Waals surface area contributed by atoms with Gasteiger partial charge in [-0.2, -0.15) is 0 Å². The van der Waals surface area contributed by atoms with Crippen LogP contribution < -0.4 is 10.6 Å². The van der Waals surface area contributed by atoms with Gasteiger partial charge in [0.25, 0.3) is 11.8 Å². The molecule has 0 bridgehead atoms. The lowest BCUT2D eigenvalue weighted by Gasteiger charge is -2.13.